The molecular formula is C17H19N5O2. The van der Waals surface area contributed by atoms with Crippen molar-refractivity contribution in [2.45, 2.75) is 38.3 Å². The average molecular weight is 325 g/mol. The molecule has 0 radical (unpaired) electrons. The fraction of sp³-hybridized carbons (Fsp3) is 0.412. The molecule has 2 aromatic rings. The summed E-state index contributed by atoms with van der Waals surface area (Å²) in [6, 6.07) is 5.18. The second kappa shape index (κ2) is 6.07. The van der Waals surface area contributed by atoms with Gasteiger partial charge in [0.1, 0.15) is 5.82 Å². The zero-order valence-electron chi connectivity index (χ0n) is 13.2. The van der Waals surface area contributed by atoms with Gasteiger partial charge in [-0.15, -0.1) is 0 Å². The van der Waals surface area contributed by atoms with Gasteiger partial charge in [-0.25, -0.2) is 4.98 Å². The first kappa shape index (κ1) is 14.9. The Balaban J connectivity index is 1.46. The number of nitrogens with zero attached hydrogens (tertiary/aromatic N) is 3. The van der Waals surface area contributed by atoms with Gasteiger partial charge in [0.2, 0.25) is 5.91 Å². The van der Waals surface area contributed by atoms with Crippen LogP contribution in [-0.2, 0) is 11.3 Å². The molecular weight excluding hydrogens is 306 g/mol. The number of anilines is 1. The standard InChI is InChI=1S/C17H19N5O2/c23-16(11-3-4-11)21-15-10-12(5-7-18-15)17(24)20-13-2-1-9-22-14(13)6-8-19-22/h5-8,10-11,13H,1-4,9H2,(H,20,24)(H,18,21,23). The lowest BCUT2D eigenvalue weighted by molar-refractivity contribution is -0.117. The summed E-state index contributed by atoms with van der Waals surface area (Å²) in [6.45, 7) is 0.890. The minimum atomic E-state index is -0.168. The average Bonchev–Trinajstić information content (AvgIpc) is 3.33. The van der Waals surface area contributed by atoms with Crippen molar-refractivity contribution in [1.29, 1.82) is 0 Å². The Labute approximate surface area is 139 Å². The smallest absolute Gasteiger partial charge is 0.252 e. The van der Waals surface area contributed by atoms with Crippen LogP contribution in [0.1, 0.15) is 47.8 Å². The maximum Gasteiger partial charge on any atom is 0.252 e. The first-order valence-electron chi connectivity index (χ1n) is 8.30. The van der Waals surface area contributed by atoms with Gasteiger partial charge in [-0.05, 0) is 43.9 Å². The molecule has 1 unspecified atom stereocenters. The second-order valence-electron chi connectivity index (χ2n) is 6.34. The largest absolute Gasteiger partial charge is 0.344 e. The van der Waals surface area contributed by atoms with Crippen molar-refractivity contribution in [3.05, 3.63) is 41.9 Å². The maximum absolute atomic E-state index is 12.5. The molecule has 1 fully saturated rings. The monoisotopic (exact) mass is 325 g/mol. The van der Waals surface area contributed by atoms with Crippen molar-refractivity contribution < 1.29 is 9.59 Å². The number of aryl methyl sites for hydroxylation is 1. The highest BCUT2D eigenvalue weighted by Gasteiger charge is 2.30. The van der Waals surface area contributed by atoms with Crippen molar-refractivity contribution in [3.63, 3.8) is 0 Å². The minimum absolute atomic E-state index is 0.0174. The summed E-state index contributed by atoms with van der Waals surface area (Å²) >= 11 is 0. The van der Waals surface area contributed by atoms with Gasteiger partial charge < -0.3 is 10.6 Å². The van der Waals surface area contributed by atoms with E-state index in [4.69, 9.17) is 0 Å². The molecule has 7 nitrogen and oxygen atoms in total. The predicted octanol–water partition coefficient (Wildman–Crippen LogP) is 1.89. The number of aromatic nitrogens is 3. The lowest BCUT2D eigenvalue weighted by Crippen LogP contribution is -2.32. The first-order valence-corrected chi connectivity index (χ1v) is 8.30. The van der Waals surface area contributed by atoms with E-state index < -0.39 is 0 Å². The highest BCUT2D eigenvalue weighted by atomic mass is 16.2. The molecule has 1 atom stereocenters. The topological polar surface area (TPSA) is 88.9 Å². The van der Waals surface area contributed by atoms with Crippen molar-refractivity contribution in [2.75, 3.05) is 5.32 Å². The van der Waals surface area contributed by atoms with Crippen LogP contribution < -0.4 is 10.6 Å². The van der Waals surface area contributed by atoms with E-state index in [1.807, 2.05) is 10.7 Å². The molecule has 0 aromatic carbocycles. The van der Waals surface area contributed by atoms with Crippen LogP contribution in [0.3, 0.4) is 0 Å². The van der Waals surface area contributed by atoms with Crippen LogP contribution in [0, 0.1) is 5.92 Å². The third-order valence-corrected chi connectivity index (χ3v) is 4.50. The SMILES string of the molecule is O=C(NC1CCCn2nccc21)c1ccnc(NC(=O)C2CC2)c1. The van der Waals surface area contributed by atoms with Crippen molar-refractivity contribution in [3.8, 4) is 0 Å². The van der Waals surface area contributed by atoms with E-state index in [-0.39, 0.29) is 23.8 Å². The number of fused-ring (bicyclic) bond motifs is 1. The van der Waals surface area contributed by atoms with Crippen LogP contribution in [0.25, 0.3) is 0 Å². The molecule has 0 saturated heterocycles. The Hall–Kier alpha value is -2.70. The number of hydrogen-bond donors (Lipinski definition) is 2. The number of carbonyl (C=O) groups is 2. The summed E-state index contributed by atoms with van der Waals surface area (Å²) < 4.78 is 1.93. The van der Waals surface area contributed by atoms with E-state index >= 15 is 0 Å². The predicted molar refractivity (Wildman–Crippen MR) is 87.3 cm³/mol. The zero-order chi connectivity index (χ0) is 16.5. The lowest BCUT2D eigenvalue weighted by atomic mass is 10.0. The van der Waals surface area contributed by atoms with Gasteiger partial charge >= 0.3 is 0 Å². The zero-order valence-corrected chi connectivity index (χ0v) is 13.2. The Morgan fingerprint density at radius 2 is 2.04 bits per heavy atom. The van der Waals surface area contributed by atoms with E-state index in [0.717, 1.165) is 37.9 Å². The van der Waals surface area contributed by atoms with E-state index in [9.17, 15) is 9.59 Å². The van der Waals surface area contributed by atoms with Gasteiger partial charge in [-0.3, -0.25) is 14.3 Å². The van der Waals surface area contributed by atoms with Crippen LogP contribution in [-0.4, -0.2) is 26.6 Å². The number of rotatable bonds is 4. The summed E-state index contributed by atoms with van der Waals surface area (Å²) in [6.07, 6.45) is 7.05. The molecule has 4 rings (SSSR count). The van der Waals surface area contributed by atoms with Gasteiger partial charge in [0.25, 0.3) is 5.91 Å². The van der Waals surface area contributed by atoms with Crippen LogP contribution in [0.15, 0.2) is 30.6 Å². The van der Waals surface area contributed by atoms with Gasteiger partial charge in [-0.1, -0.05) is 0 Å². The molecule has 2 amide bonds. The summed E-state index contributed by atoms with van der Waals surface area (Å²) in [4.78, 5) is 28.5. The molecule has 2 aliphatic rings. The molecule has 7 heteroatoms. The fourth-order valence-electron chi connectivity index (χ4n) is 3.02. The number of nitrogens with one attached hydrogen (secondary N) is 2. The van der Waals surface area contributed by atoms with E-state index in [0.29, 0.717) is 11.4 Å². The van der Waals surface area contributed by atoms with Crippen LogP contribution in [0.4, 0.5) is 5.82 Å². The lowest BCUT2D eigenvalue weighted by Gasteiger charge is -2.24. The number of amides is 2. The molecule has 1 aliphatic heterocycles. The van der Waals surface area contributed by atoms with Crippen molar-refractivity contribution in [2.24, 2.45) is 5.92 Å². The molecule has 2 aromatic heterocycles. The normalized spacial score (nSPS) is 19.4. The third kappa shape index (κ3) is 3.02. The van der Waals surface area contributed by atoms with Crippen LogP contribution in [0.2, 0.25) is 0 Å². The minimum Gasteiger partial charge on any atom is -0.344 e. The summed E-state index contributed by atoms with van der Waals surface area (Å²) in [5.41, 5.74) is 1.53. The second-order valence-corrected chi connectivity index (χ2v) is 6.34. The van der Waals surface area contributed by atoms with E-state index in [1.54, 1.807) is 24.5 Å². The van der Waals surface area contributed by atoms with Crippen molar-refractivity contribution in [1.82, 2.24) is 20.1 Å². The summed E-state index contributed by atoms with van der Waals surface area (Å²) in [7, 11) is 0. The van der Waals surface area contributed by atoms with Crippen LogP contribution >= 0.6 is 0 Å². The first-order chi connectivity index (χ1) is 11.7. The third-order valence-electron chi connectivity index (χ3n) is 4.50. The van der Waals surface area contributed by atoms with Gasteiger partial charge in [0, 0.05) is 30.4 Å². The highest BCUT2D eigenvalue weighted by Crippen LogP contribution is 2.30. The molecule has 2 N–H and O–H groups in total. The number of pyridine rings is 1. The summed E-state index contributed by atoms with van der Waals surface area (Å²) in [5, 5.41) is 10.1. The number of carbonyl (C=O) groups excluding carboxylic acids is 2. The molecule has 24 heavy (non-hydrogen) atoms. The Kier molecular flexibility index (Phi) is 3.76. The summed E-state index contributed by atoms with van der Waals surface area (Å²) in [5.74, 6) is 0.343. The van der Waals surface area contributed by atoms with Gasteiger partial charge in [-0.2, -0.15) is 5.10 Å². The van der Waals surface area contributed by atoms with E-state index in [2.05, 4.69) is 20.7 Å². The molecule has 1 saturated carbocycles. The number of hydrogen-bond acceptors (Lipinski definition) is 4. The Morgan fingerprint density at radius 1 is 1.17 bits per heavy atom. The fourth-order valence-corrected chi connectivity index (χ4v) is 3.02. The van der Waals surface area contributed by atoms with Crippen molar-refractivity contribution >= 4 is 17.6 Å². The highest BCUT2D eigenvalue weighted by molar-refractivity contribution is 5.97. The molecule has 3 heterocycles. The van der Waals surface area contributed by atoms with E-state index in [1.165, 1.54) is 0 Å². The Bertz CT molecular complexity index is 781. The molecule has 1 aliphatic carbocycles. The van der Waals surface area contributed by atoms with Gasteiger partial charge in [0.05, 0.1) is 11.7 Å². The van der Waals surface area contributed by atoms with Gasteiger partial charge in [0.15, 0.2) is 0 Å². The van der Waals surface area contributed by atoms with Crippen LogP contribution in [0.5, 0.6) is 0 Å². The molecule has 0 spiro atoms. The molecule has 124 valence electrons. The maximum atomic E-state index is 12.5. The molecule has 0 bridgehead atoms. The Morgan fingerprint density at radius 3 is 2.88 bits per heavy atom. The quantitative estimate of drug-likeness (QED) is 0.898.